The lowest BCUT2D eigenvalue weighted by molar-refractivity contribution is 0.571. The highest BCUT2D eigenvalue weighted by atomic mass is 19.1. The summed E-state index contributed by atoms with van der Waals surface area (Å²) in [6.45, 7) is 0. The Morgan fingerprint density at radius 2 is 1.92 bits per heavy atom. The monoisotopic (exact) mass is 320 g/mol. The molecule has 0 amide bonds. The van der Waals surface area contributed by atoms with E-state index >= 15 is 0 Å². The van der Waals surface area contributed by atoms with Gasteiger partial charge in [-0.3, -0.25) is 0 Å². The molecule has 0 saturated carbocycles. The molecule has 0 radical (unpaired) electrons. The predicted octanol–water partition coefficient (Wildman–Crippen LogP) is 4.17. The zero-order valence-corrected chi connectivity index (χ0v) is 13.1. The smallest absolute Gasteiger partial charge is 0.165 e. The molecule has 0 fully saturated rings. The van der Waals surface area contributed by atoms with E-state index in [1.165, 1.54) is 6.07 Å². The molecule has 5 heteroatoms. The number of halogens is 1. The van der Waals surface area contributed by atoms with Gasteiger partial charge in [-0.2, -0.15) is 0 Å². The van der Waals surface area contributed by atoms with E-state index < -0.39 is 0 Å². The van der Waals surface area contributed by atoms with Crippen molar-refractivity contribution >= 4 is 5.82 Å². The average molecular weight is 320 g/mol. The fourth-order valence-electron chi connectivity index (χ4n) is 3.08. The maximum atomic E-state index is 13.8. The molecular weight excluding hydrogens is 303 g/mol. The van der Waals surface area contributed by atoms with Crippen LogP contribution in [-0.2, 0) is 6.42 Å². The lowest BCUT2D eigenvalue weighted by atomic mass is 9.92. The number of hydrogen-bond donors (Lipinski definition) is 1. The Kier molecular flexibility index (Phi) is 3.91. The second-order valence-corrected chi connectivity index (χ2v) is 5.88. The van der Waals surface area contributed by atoms with Gasteiger partial charge in [0.2, 0.25) is 0 Å². The van der Waals surface area contributed by atoms with E-state index in [0.717, 1.165) is 41.9 Å². The second-order valence-electron chi connectivity index (χ2n) is 5.88. The Bertz CT molecular complexity index is 851. The number of aryl methyl sites for hydroxylation is 1. The standard InChI is InChI=1S/C19H17FN4/c20-15-8-5-11-21-19(15)24-17-10-4-9-16-14(17)12-22-18(23-16)13-6-2-1-3-7-13/h1-3,5-8,11-12,17H,4,9-10H2,(H,21,24)/t17-/m0/s1. The van der Waals surface area contributed by atoms with Gasteiger partial charge in [0.1, 0.15) is 0 Å². The number of aromatic nitrogens is 3. The number of benzene rings is 1. The first-order valence-corrected chi connectivity index (χ1v) is 8.09. The summed E-state index contributed by atoms with van der Waals surface area (Å²) in [6.07, 6.45) is 6.29. The zero-order valence-electron chi connectivity index (χ0n) is 13.1. The summed E-state index contributed by atoms with van der Waals surface area (Å²) in [5.41, 5.74) is 3.07. The number of pyridine rings is 1. The molecule has 4 rings (SSSR count). The van der Waals surface area contributed by atoms with Crippen molar-refractivity contribution in [2.45, 2.75) is 25.3 Å². The van der Waals surface area contributed by atoms with E-state index in [1.807, 2.05) is 36.5 Å². The largest absolute Gasteiger partial charge is 0.361 e. The number of nitrogens with zero attached hydrogens (tertiary/aromatic N) is 3. The molecule has 0 aliphatic heterocycles. The van der Waals surface area contributed by atoms with Gasteiger partial charge < -0.3 is 5.32 Å². The Labute approximate surface area is 139 Å². The van der Waals surface area contributed by atoms with Crippen LogP contribution in [0.25, 0.3) is 11.4 Å². The van der Waals surface area contributed by atoms with E-state index in [-0.39, 0.29) is 17.7 Å². The van der Waals surface area contributed by atoms with Gasteiger partial charge in [-0.25, -0.2) is 19.3 Å². The summed E-state index contributed by atoms with van der Waals surface area (Å²) in [5.74, 6) is 0.674. The fourth-order valence-corrected chi connectivity index (χ4v) is 3.08. The molecule has 1 aromatic carbocycles. The highest BCUT2D eigenvalue weighted by Crippen LogP contribution is 2.32. The van der Waals surface area contributed by atoms with Crippen LogP contribution >= 0.6 is 0 Å². The highest BCUT2D eigenvalue weighted by molar-refractivity contribution is 5.55. The van der Waals surface area contributed by atoms with Crippen molar-refractivity contribution in [3.05, 3.63) is 71.9 Å². The lowest BCUT2D eigenvalue weighted by Gasteiger charge is -2.26. The van der Waals surface area contributed by atoms with Crippen molar-refractivity contribution in [3.63, 3.8) is 0 Å². The number of hydrogen-bond acceptors (Lipinski definition) is 4. The van der Waals surface area contributed by atoms with Crippen molar-refractivity contribution < 1.29 is 4.39 Å². The van der Waals surface area contributed by atoms with Crippen LogP contribution in [0.1, 0.15) is 30.1 Å². The average Bonchev–Trinajstić information content (AvgIpc) is 2.64. The molecule has 0 spiro atoms. The van der Waals surface area contributed by atoms with Crippen molar-refractivity contribution in [1.29, 1.82) is 0 Å². The number of fused-ring (bicyclic) bond motifs is 1. The van der Waals surface area contributed by atoms with Crippen molar-refractivity contribution in [2.75, 3.05) is 5.32 Å². The molecule has 1 atom stereocenters. The summed E-state index contributed by atoms with van der Waals surface area (Å²) in [5, 5.41) is 3.20. The Balaban J connectivity index is 1.65. The van der Waals surface area contributed by atoms with Gasteiger partial charge >= 0.3 is 0 Å². The normalized spacial score (nSPS) is 16.5. The summed E-state index contributed by atoms with van der Waals surface area (Å²) in [7, 11) is 0. The Morgan fingerprint density at radius 1 is 1.04 bits per heavy atom. The molecule has 3 aromatic rings. The minimum atomic E-state index is -0.341. The minimum absolute atomic E-state index is 0.0111. The van der Waals surface area contributed by atoms with Gasteiger partial charge in [0, 0.05) is 29.2 Å². The van der Waals surface area contributed by atoms with Crippen molar-refractivity contribution in [1.82, 2.24) is 15.0 Å². The van der Waals surface area contributed by atoms with E-state index in [2.05, 4.69) is 15.3 Å². The first-order valence-electron chi connectivity index (χ1n) is 8.09. The maximum absolute atomic E-state index is 13.8. The maximum Gasteiger partial charge on any atom is 0.165 e. The quantitative estimate of drug-likeness (QED) is 0.787. The molecule has 0 unspecified atom stereocenters. The summed E-state index contributed by atoms with van der Waals surface area (Å²) in [4.78, 5) is 13.3. The van der Waals surface area contributed by atoms with Gasteiger partial charge in [0.15, 0.2) is 17.5 Å². The molecule has 24 heavy (non-hydrogen) atoms. The van der Waals surface area contributed by atoms with Crippen LogP contribution in [0.5, 0.6) is 0 Å². The minimum Gasteiger partial charge on any atom is -0.361 e. The number of anilines is 1. The summed E-state index contributed by atoms with van der Waals surface area (Å²) < 4.78 is 13.8. The third kappa shape index (κ3) is 2.85. The first-order chi connectivity index (χ1) is 11.8. The van der Waals surface area contributed by atoms with E-state index in [0.29, 0.717) is 0 Å². The molecular formula is C19H17FN4. The SMILES string of the molecule is Fc1cccnc1N[C@H]1CCCc2nc(-c3ccccc3)ncc21. The van der Waals surface area contributed by atoms with Crippen LogP contribution < -0.4 is 5.32 Å². The molecule has 0 bridgehead atoms. The van der Waals surface area contributed by atoms with Gasteiger partial charge in [-0.1, -0.05) is 30.3 Å². The van der Waals surface area contributed by atoms with E-state index in [4.69, 9.17) is 4.98 Å². The van der Waals surface area contributed by atoms with Crippen molar-refractivity contribution in [2.24, 2.45) is 0 Å². The lowest BCUT2D eigenvalue weighted by Crippen LogP contribution is -2.20. The van der Waals surface area contributed by atoms with Crippen LogP contribution in [-0.4, -0.2) is 15.0 Å². The molecule has 1 aliphatic carbocycles. The summed E-state index contributed by atoms with van der Waals surface area (Å²) >= 11 is 0. The third-order valence-electron chi connectivity index (χ3n) is 4.28. The zero-order chi connectivity index (χ0) is 16.4. The Morgan fingerprint density at radius 3 is 2.75 bits per heavy atom. The first kappa shape index (κ1) is 14.8. The molecule has 2 aromatic heterocycles. The van der Waals surface area contributed by atoms with Crippen LogP contribution in [0.3, 0.4) is 0 Å². The highest BCUT2D eigenvalue weighted by Gasteiger charge is 2.23. The van der Waals surface area contributed by atoms with Crippen molar-refractivity contribution in [3.8, 4) is 11.4 Å². The Hall–Kier alpha value is -2.82. The molecule has 120 valence electrons. The topological polar surface area (TPSA) is 50.7 Å². The molecule has 1 aliphatic rings. The van der Waals surface area contributed by atoms with Gasteiger partial charge in [-0.15, -0.1) is 0 Å². The summed E-state index contributed by atoms with van der Waals surface area (Å²) in [6, 6.07) is 12.9. The van der Waals surface area contributed by atoms with Gasteiger partial charge in [0.05, 0.1) is 6.04 Å². The van der Waals surface area contributed by atoms with Crippen LogP contribution in [0, 0.1) is 5.82 Å². The van der Waals surface area contributed by atoms with E-state index in [1.54, 1.807) is 12.3 Å². The molecule has 1 N–H and O–H groups in total. The number of nitrogens with one attached hydrogen (secondary N) is 1. The third-order valence-corrected chi connectivity index (χ3v) is 4.28. The van der Waals surface area contributed by atoms with Crippen LogP contribution in [0.15, 0.2) is 54.9 Å². The van der Waals surface area contributed by atoms with Gasteiger partial charge in [-0.05, 0) is 31.4 Å². The van der Waals surface area contributed by atoms with E-state index in [9.17, 15) is 4.39 Å². The fraction of sp³-hybridized carbons (Fsp3) is 0.211. The molecule has 0 saturated heterocycles. The molecule has 2 heterocycles. The number of rotatable bonds is 3. The molecule has 4 nitrogen and oxygen atoms in total. The second kappa shape index (κ2) is 6.35. The van der Waals surface area contributed by atoms with Crippen LogP contribution in [0.4, 0.5) is 10.2 Å². The predicted molar refractivity (Wildman–Crippen MR) is 91.0 cm³/mol. The van der Waals surface area contributed by atoms with Gasteiger partial charge in [0.25, 0.3) is 0 Å². The van der Waals surface area contributed by atoms with Crippen LogP contribution in [0.2, 0.25) is 0 Å².